The number of ether oxygens (including phenoxy) is 1. The Hall–Kier alpha value is -1.59. The van der Waals surface area contributed by atoms with Gasteiger partial charge in [-0.15, -0.1) is 11.3 Å². The fourth-order valence-corrected chi connectivity index (χ4v) is 4.04. The summed E-state index contributed by atoms with van der Waals surface area (Å²) in [6.45, 7) is 11.4. The van der Waals surface area contributed by atoms with Gasteiger partial charge in [0.15, 0.2) is 4.80 Å². The van der Waals surface area contributed by atoms with Crippen LogP contribution in [0.5, 0.6) is 5.75 Å². The lowest BCUT2D eigenvalue weighted by atomic mass is 9.93. The standard InChI is InChI=1S/C18H23ClN2O2S/c1-7-21-11(2)15(18(3,4)5)24-17(21)20-16(22)13-9-8-12(19)10-14(13)23-6/h8-10H,7H2,1-6H3. The van der Waals surface area contributed by atoms with Gasteiger partial charge in [-0.3, -0.25) is 4.79 Å². The summed E-state index contributed by atoms with van der Waals surface area (Å²) < 4.78 is 7.33. The molecule has 4 nitrogen and oxygen atoms in total. The summed E-state index contributed by atoms with van der Waals surface area (Å²) >= 11 is 7.52. The molecule has 1 aromatic heterocycles. The van der Waals surface area contributed by atoms with Crippen LogP contribution < -0.4 is 9.54 Å². The molecule has 1 amide bonds. The van der Waals surface area contributed by atoms with Gasteiger partial charge in [-0.1, -0.05) is 32.4 Å². The first-order valence-electron chi connectivity index (χ1n) is 7.82. The fraction of sp³-hybridized carbons (Fsp3) is 0.444. The van der Waals surface area contributed by atoms with E-state index in [4.69, 9.17) is 16.3 Å². The van der Waals surface area contributed by atoms with Crippen LogP contribution in [0.2, 0.25) is 5.02 Å². The van der Waals surface area contributed by atoms with Crippen molar-refractivity contribution < 1.29 is 9.53 Å². The van der Waals surface area contributed by atoms with E-state index >= 15 is 0 Å². The number of benzene rings is 1. The molecular weight excluding hydrogens is 344 g/mol. The molecule has 0 aliphatic heterocycles. The van der Waals surface area contributed by atoms with E-state index in [1.54, 1.807) is 29.5 Å². The van der Waals surface area contributed by atoms with Crippen molar-refractivity contribution in [1.82, 2.24) is 4.57 Å². The van der Waals surface area contributed by atoms with Crippen LogP contribution in [0.4, 0.5) is 0 Å². The predicted octanol–water partition coefficient (Wildman–Crippen LogP) is 4.58. The summed E-state index contributed by atoms with van der Waals surface area (Å²) in [6.07, 6.45) is 0. The van der Waals surface area contributed by atoms with E-state index in [1.807, 2.05) is 0 Å². The first kappa shape index (κ1) is 18.7. The lowest BCUT2D eigenvalue weighted by molar-refractivity contribution is 0.0995. The van der Waals surface area contributed by atoms with Crippen molar-refractivity contribution in [1.29, 1.82) is 0 Å². The van der Waals surface area contributed by atoms with E-state index in [9.17, 15) is 4.79 Å². The molecule has 0 spiro atoms. The number of aromatic nitrogens is 1. The van der Waals surface area contributed by atoms with Gasteiger partial charge in [0.25, 0.3) is 5.91 Å². The summed E-state index contributed by atoms with van der Waals surface area (Å²) in [6, 6.07) is 4.94. The van der Waals surface area contributed by atoms with E-state index in [0.717, 1.165) is 12.2 Å². The van der Waals surface area contributed by atoms with Gasteiger partial charge >= 0.3 is 0 Å². The second-order valence-electron chi connectivity index (χ2n) is 6.55. The maximum absolute atomic E-state index is 12.6. The third-order valence-corrected chi connectivity index (χ3v) is 5.59. The molecule has 0 aliphatic carbocycles. The zero-order valence-corrected chi connectivity index (χ0v) is 16.5. The van der Waals surface area contributed by atoms with Gasteiger partial charge in [-0.2, -0.15) is 4.99 Å². The minimum Gasteiger partial charge on any atom is -0.496 e. The summed E-state index contributed by atoms with van der Waals surface area (Å²) in [5.41, 5.74) is 1.58. The zero-order valence-electron chi connectivity index (χ0n) is 14.9. The zero-order chi connectivity index (χ0) is 18.1. The SMILES string of the molecule is CCn1c(C)c(C(C)(C)C)sc1=NC(=O)c1ccc(Cl)cc1OC. The monoisotopic (exact) mass is 366 g/mol. The average Bonchev–Trinajstić information content (AvgIpc) is 2.82. The number of hydrogen-bond donors (Lipinski definition) is 0. The molecule has 130 valence electrons. The first-order valence-corrected chi connectivity index (χ1v) is 9.01. The fourth-order valence-electron chi connectivity index (χ4n) is 2.63. The van der Waals surface area contributed by atoms with Crippen LogP contribution in [-0.4, -0.2) is 17.6 Å². The van der Waals surface area contributed by atoms with E-state index in [0.29, 0.717) is 21.1 Å². The van der Waals surface area contributed by atoms with Crippen molar-refractivity contribution >= 4 is 28.8 Å². The molecule has 1 aromatic carbocycles. The number of rotatable bonds is 3. The topological polar surface area (TPSA) is 43.6 Å². The summed E-state index contributed by atoms with van der Waals surface area (Å²) in [7, 11) is 1.52. The normalized spacial score (nSPS) is 12.5. The summed E-state index contributed by atoms with van der Waals surface area (Å²) in [4.78, 5) is 18.9. The van der Waals surface area contributed by atoms with Gasteiger partial charge < -0.3 is 9.30 Å². The highest BCUT2D eigenvalue weighted by Gasteiger charge is 2.22. The van der Waals surface area contributed by atoms with Gasteiger partial charge in [-0.05, 0) is 37.5 Å². The van der Waals surface area contributed by atoms with Gasteiger partial charge in [-0.25, -0.2) is 0 Å². The molecule has 0 saturated heterocycles. The number of thiazole rings is 1. The highest BCUT2D eigenvalue weighted by Crippen LogP contribution is 2.28. The second-order valence-corrected chi connectivity index (χ2v) is 7.97. The van der Waals surface area contributed by atoms with E-state index < -0.39 is 0 Å². The van der Waals surface area contributed by atoms with Gasteiger partial charge in [0, 0.05) is 22.1 Å². The van der Waals surface area contributed by atoms with Gasteiger partial charge in [0.2, 0.25) is 0 Å². The molecule has 6 heteroatoms. The number of halogens is 1. The molecule has 0 bridgehead atoms. The predicted molar refractivity (Wildman–Crippen MR) is 99.3 cm³/mol. The lowest BCUT2D eigenvalue weighted by Gasteiger charge is -2.17. The summed E-state index contributed by atoms with van der Waals surface area (Å²) in [5.74, 6) is 0.107. The van der Waals surface area contributed by atoms with Crippen LogP contribution in [0, 0.1) is 6.92 Å². The summed E-state index contributed by atoms with van der Waals surface area (Å²) in [5, 5.41) is 0.522. The second kappa shape index (κ2) is 7.11. The van der Waals surface area contributed by atoms with E-state index in [-0.39, 0.29) is 11.3 Å². The molecule has 0 fully saturated rings. The van der Waals surface area contributed by atoms with Crippen molar-refractivity contribution in [3.05, 3.63) is 44.2 Å². The van der Waals surface area contributed by atoms with Crippen LogP contribution in [0.15, 0.2) is 23.2 Å². The lowest BCUT2D eigenvalue weighted by Crippen LogP contribution is -2.18. The molecular formula is C18H23ClN2O2S. The Labute approximate surface area is 151 Å². The van der Waals surface area contributed by atoms with Crippen LogP contribution in [0.1, 0.15) is 48.6 Å². The molecule has 0 saturated carbocycles. The van der Waals surface area contributed by atoms with Crippen molar-refractivity contribution in [2.75, 3.05) is 7.11 Å². The first-order chi connectivity index (χ1) is 11.2. The molecule has 0 aliphatic rings. The number of hydrogen-bond acceptors (Lipinski definition) is 3. The Morgan fingerprint density at radius 3 is 2.58 bits per heavy atom. The molecule has 24 heavy (non-hydrogen) atoms. The van der Waals surface area contributed by atoms with Crippen LogP contribution in [-0.2, 0) is 12.0 Å². The number of carbonyl (C=O) groups excluding carboxylic acids is 1. The van der Waals surface area contributed by atoms with E-state index in [1.165, 1.54) is 12.0 Å². The Kier molecular flexibility index (Phi) is 5.56. The molecule has 2 rings (SSSR count). The Morgan fingerprint density at radius 1 is 1.38 bits per heavy atom. The average molecular weight is 367 g/mol. The van der Waals surface area contributed by atoms with Crippen molar-refractivity contribution in [2.45, 2.75) is 46.6 Å². The highest BCUT2D eigenvalue weighted by molar-refractivity contribution is 7.09. The molecule has 0 radical (unpaired) electrons. The maximum atomic E-state index is 12.6. The molecule has 0 N–H and O–H groups in total. The minimum absolute atomic E-state index is 0.0143. The maximum Gasteiger partial charge on any atom is 0.283 e. The Morgan fingerprint density at radius 2 is 2.04 bits per heavy atom. The third kappa shape index (κ3) is 3.73. The van der Waals surface area contributed by atoms with Crippen molar-refractivity contribution in [2.24, 2.45) is 4.99 Å². The molecule has 0 unspecified atom stereocenters. The molecule has 0 atom stereocenters. The van der Waals surface area contributed by atoms with Crippen molar-refractivity contribution in [3.63, 3.8) is 0 Å². The number of carbonyl (C=O) groups is 1. The number of methoxy groups -OCH3 is 1. The van der Waals surface area contributed by atoms with Gasteiger partial charge in [0.05, 0.1) is 12.7 Å². The van der Waals surface area contributed by atoms with Crippen molar-refractivity contribution in [3.8, 4) is 5.75 Å². The smallest absolute Gasteiger partial charge is 0.283 e. The third-order valence-electron chi connectivity index (χ3n) is 3.75. The van der Waals surface area contributed by atoms with Gasteiger partial charge in [0.1, 0.15) is 5.75 Å². The Bertz CT molecular complexity index is 829. The van der Waals surface area contributed by atoms with Crippen LogP contribution in [0.3, 0.4) is 0 Å². The molecule has 2 aromatic rings. The number of nitrogens with zero attached hydrogens (tertiary/aromatic N) is 2. The number of amides is 1. The quantitative estimate of drug-likeness (QED) is 0.798. The van der Waals surface area contributed by atoms with Crippen LogP contribution in [0.25, 0.3) is 0 Å². The van der Waals surface area contributed by atoms with Crippen LogP contribution >= 0.6 is 22.9 Å². The minimum atomic E-state index is -0.326. The Balaban J connectivity index is 2.58. The largest absolute Gasteiger partial charge is 0.496 e. The highest BCUT2D eigenvalue weighted by atomic mass is 35.5. The molecule has 1 heterocycles. The van der Waals surface area contributed by atoms with E-state index in [2.05, 4.69) is 44.2 Å².